The van der Waals surface area contributed by atoms with E-state index in [1.807, 2.05) is 19.2 Å². The normalized spacial score (nSPS) is 10.8. The molecular formula is C12H17N5O2S. The Hall–Kier alpha value is -1.96. The van der Waals surface area contributed by atoms with Crippen LogP contribution in [0, 0.1) is 24.0 Å². The zero-order valence-corrected chi connectivity index (χ0v) is 12.5. The van der Waals surface area contributed by atoms with Gasteiger partial charge < -0.3 is 5.32 Å². The molecule has 0 aliphatic carbocycles. The van der Waals surface area contributed by atoms with Crippen molar-refractivity contribution in [3.8, 4) is 0 Å². The lowest BCUT2D eigenvalue weighted by Gasteiger charge is -2.06. The van der Waals surface area contributed by atoms with Crippen molar-refractivity contribution >= 4 is 22.8 Å². The molecule has 0 saturated carbocycles. The molecule has 0 amide bonds. The van der Waals surface area contributed by atoms with Gasteiger partial charge in [-0.05, 0) is 20.3 Å². The summed E-state index contributed by atoms with van der Waals surface area (Å²) in [6.45, 7) is 6.70. The highest BCUT2D eigenvalue weighted by Crippen LogP contribution is 2.29. The van der Waals surface area contributed by atoms with Crippen LogP contribution in [0.3, 0.4) is 0 Å². The van der Waals surface area contributed by atoms with E-state index in [-0.39, 0.29) is 10.6 Å². The minimum Gasteiger partial charge on any atom is -0.358 e. The zero-order chi connectivity index (χ0) is 14.7. The van der Waals surface area contributed by atoms with Gasteiger partial charge in [-0.1, -0.05) is 6.92 Å². The molecule has 0 aliphatic rings. The number of hydrogen-bond acceptors (Lipinski definition) is 6. The van der Waals surface area contributed by atoms with Crippen molar-refractivity contribution in [3.05, 3.63) is 31.9 Å². The molecule has 7 nitrogen and oxygen atoms in total. The van der Waals surface area contributed by atoms with Crippen molar-refractivity contribution < 1.29 is 4.92 Å². The van der Waals surface area contributed by atoms with Gasteiger partial charge in [0.05, 0.1) is 11.5 Å². The van der Waals surface area contributed by atoms with Crippen LogP contribution in [0.2, 0.25) is 0 Å². The quantitative estimate of drug-likeness (QED) is 0.654. The fourth-order valence-corrected chi connectivity index (χ4v) is 2.69. The second kappa shape index (κ2) is 6.00. The minimum absolute atomic E-state index is 0.0479. The van der Waals surface area contributed by atoms with E-state index in [1.54, 1.807) is 11.6 Å². The number of nitro groups is 1. The summed E-state index contributed by atoms with van der Waals surface area (Å²) < 4.78 is 1.66. The van der Waals surface area contributed by atoms with Gasteiger partial charge in [-0.15, -0.1) is 11.3 Å². The van der Waals surface area contributed by atoms with E-state index in [9.17, 15) is 10.1 Å². The third-order valence-electron chi connectivity index (χ3n) is 2.79. The Kier molecular flexibility index (Phi) is 4.33. The molecule has 0 unspecified atom stereocenters. The van der Waals surface area contributed by atoms with E-state index >= 15 is 0 Å². The van der Waals surface area contributed by atoms with Crippen molar-refractivity contribution in [2.45, 2.75) is 40.3 Å². The number of aryl methyl sites for hydroxylation is 3. The first-order valence-corrected chi connectivity index (χ1v) is 7.27. The summed E-state index contributed by atoms with van der Waals surface area (Å²) >= 11 is 1.54. The molecule has 20 heavy (non-hydrogen) atoms. The maximum absolute atomic E-state index is 11.2. The summed E-state index contributed by atoms with van der Waals surface area (Å²) in [5, 5.41) is 21.4. The second-order valence-electron chi connectivity index (χ2n) is 4.50. The van der Waals surface area contributed by atoms with Gasteiger partial charge in [0.1, 0.15) is 10.7 Å². The van der Waals surface area contributed by atoms with Crippen molar-refractivity contribution in [3.63, 3.8) is 0 Å². The maximum atomic E-state index is 11.2. The Morgan fingerprint density at radius 1 is 1.50 bits per heavy atom. The molecule has 0 saturated heterocycles. The summed E-state index contributed by atoms with van der Waals surface area (Å²) in [7, 11) is 0. The highest BCUT2D eigenvalue weighted by Gasteiger charge is 2.24. The van der Waals surface area contributed by atoms with E-state index in [0.717, 1.165) is 17.1 Å². The molecule has 0 atom stereocenters. The van der Waals surface area contributed by atoms with E-state index in [1.165, 1.54) is 11.3 Å². The van der Waals surface area contributed by atoms with Crippen LogP contribution in [-0.2, 0) is 13.1 Å². The number of anilines is 1. The van der Waals surface area contributed by atoms with Crippen LogP contribution in [0.25, 0.3) is 0 Å². The largest absolute Gasteiger partial charge is 0.358 e. The summed E-state index contributed by atoms with van der Waals surface area (Å²) in [5.41, 5.74) is 1.44. The standard InChI is InChI=1S/C12H17N5O2S/c1-4-5-16-12(11(17(18)19)9(3)15-16)13-6-10-14-8(2)7-20-10/h7,13H,4-6H2,1-3H3. The highest BCUT2D eigenvalue weighted by atomic mass is 32.1. The van der Waals surface area contributed by atoms with Crippen LogP contribution in [0.15, 0.2) is 5.38 Å². The van der Waals surface area contributed by atoms with Gasteiger partial charge in [0.2, 0.25) is 5.82 Å². The third kappa shape index (κ3) is 2.96. The van der Waals surface area contributed by atoms with Gasteiger partial charge in [-0.25, -0.2) is 9.67 Å². The van der Waals surface area contributed by atoms with E-state index in [2.05, 4.69) is 15.4 Å². The van der Waals surface area contributed by atoms with Crippen LogP contribution in [0.4, 0.5) is 11.5 Å². The van der Waals surface area contributed by atoms with Crippen molar-refractivity contribution in [1.29, 1.82) is 0 Å². The molecule has 0 spiro atoms. The van der Waals surface area contributed by atoms with Gasteiger partial charge in [0.15, 0.2) is 0 Å². The number of nitrogens with zero attached hydrogens (tertiary/aromatic N) is 4. The van der Waals surface area contributed by atoms with Crippen molar-refractivity contribution in [2.24, 2.45) is 0 Å². The summed E-state index contributed by atoms with van der Waals surface area (Å²) in [6.07, 6.45) is 0.864. The molecule has 2 rings (SSSR count). The Bertz CT molecular complexity index is 619. The van der Waals surface area contributed by atoms with Gasteiger partial charge >= 0.3 is 5.69 Å². The molecule has 2 aromatic rings. The van der Waals surface area contributed by atoms with Crippen LogP contribution >= 0.6 is 11.3 Å². The molecular weight excluding hydrogens is 278 g/mol. The molecule has 2 heterocycles. The van der Waals surface area contributed by atoms with E-state index in [4.69, 9.17) is 0 Å². The SMILES string of the molecule is CCCn1nc(C)c([N+](=O)[O-])c1NCc1nc(C)cs1. The van der Waals surface area contributed by atoms with Crippen LogP contribution in [0.5, 0.6) is 0 Å². The smallest absolute Gasteiger partial charge is 0.333 e. The van der Waals surface area contributed by atoms with Gasteiger partial charge in [0.25, 0.3) is 0 Å². The average molecular weight is 295 g/mol. The number of thiazole rings is 1. The monoisotopic (exact) mass is 295 g/mol. The maximum Gasteiger partial charge on any atom is 0.333 e. The molecule has 2 aromatic heterocycles. The van der Waals surface area contributed by atoms with Crippen LogP contribution in [-0.4, -0.2) is 19.7 Å². The summed E-state index contributed by atoms with van der Waals surface area (Å²) in [6, 6.07) is 0. The Labute approximate surface area is 120 Å². The highest BCUT2D eigenvalue weighted by molar-refractivity contribution is 7.09. The fourth-order valence-electron chi connectivity index (χ4n) is 1.98. The Morgan fingerprint density at radius 2 is 2.25 bits per heavy atom. The lowest BCUT2D eigenvalue weighted by Crippen LogP contribution is -2.09. The lowest BCUT2D eigenvalue weighted by atomic mass is 10.4. The molecule has 0 aromatic carbocycles. The number of rotatable bonds is 6. The lowest BCUT2D eigenvalue weighted by molar-refractivity contribution is -0.384. The van der Waals surface area contributed by atoms with Crippen LogP contribution in [0.1, 0.15) is 29.7 Å². The molecule has 0 aliphatic heterocycles. The van der Waals surface area contributed by atoms with Crippen LogP contribution < -0.4 is 5.32 Å². The van der Waals surface area contributed by atoms with Gasteiger partial charge in [-0.2, -0.15) is 5.10 Å². The fraction of sp³-hybridized carbons (Fsp3) is 0.500. The second-order valence-corrected chi connectivity index (χ2v) is 5.44. The van der Waals surface area contributed by atoms with Gasteiger partial charge in [0, 0.05) is 17.6 Å². The van der Waals surface area contributed by atoms with Crippen molar-refractivity contribution in [1.82, 2.24) is 14.8 Å². The molecule has 0 bridgehead atoms. The summed E-state index contributed by atoms with van der Waals surface area (Å²) in [5.74, 6) is 0.460. The predicted octanol–water partition coefficient (Wildman–Crippen LogP) is 2.89. The first-order valence-electron chi connectivity index (χ1n) is 6.39. The average Bonchev–Trinajstić information content (AvgIpc) is 2.91. The molecule has 108 valence electrons. The molecule has 8 heteroatoms. The summed E-state index contributed by atoms with van der Waals surface area (Å²) in [4.78, 5) is 15.1. The molecule has 1 N–H and O–H groups in total. The van der Waals surface area contributed by atoms with Gasteiger partial charge in [-0.3, -0.25) is 10.1 Å². The first kappa shape index (κ1) is 14.4. The number of hydrogen-bond donors (Lipinski definition) is 1. The number of aromatic nitrogens is 3. The Balaban J connectivity index is 2.25. The first-order chi connectivity index (χ1) is 9.52. The minimum atomic E-state index is -0.385. The van der Waals surface area contributed by atoms with Crippen molar-refractivity contribution in [2.75, 3.05) is 5.32 Å². The number of nitrogens with one attached hydrogen (secondary N) is 1. The predicted molar refractivity (Wildman–Crippen MR) is 78.1 cm³/mol. The van der Waals surface area contributed by atoms with E-state index < -0.39 is 0 Å². The third-order valence-corrected chi connectivity index (χ3v) is 3.75. The topological polar surface area (TPSA) is 85.9 Å². The molecule has 0 fully saturated rings. The molecule has 0 radical (unpaired) electrons. The van der Waals surface area contributed by atoms with E-state index in [0.29, 0.717) is 24.6 Å². The zero-order valence-electron chi connectivity index (χ0n) is 11.7. The Morgan fingerprint density at radius 3 is 2.80 bits per heavy atom.